The van der Waals surface area contributed by atoms with E-state index in [1.165, 1.54) is 0 Å². The molecule has 0 saturated carbocycles. The van der Waals surface area contributed by atoms with E-state index in [2.05, 4.69) is 0 Å². The third-order valence-electron chi connectivity index (χ3n) is 2.82. The SMILES string of the molecule is O=C(CP(=O)(OCCCCO)OCCCCO)OCCCCO. The first-order valence-electron chi connectivity index (χ1n) is 7.94. The molecule has 0 aliphatic carbocycles. The van der Waals surface area contributed by atoms with Crippen molar-refractivity contribution < 1.29 is 38.5 Å². The Bertz CT molecular complexity index is 321. The van der Waals surface area contributed by atoms with Crippen LogP contribution in [0.2, 0.25) is 0 Å². The first-order valence-corrected chi connectivity index (χ1v) is 9.67. The summed E-state index contributed by atoms with van der Waals surface area (Å²) in [6.45, 7) is 0.438. The lowest BCUT2D eigenvalue weighted by molar-refractivity contribution is -0.141. The van der Waals surface area contributed by atoms with Crippen LogP contribution in [0.5, 0.6) is 0 Å². The van der Waals surface area contributed by atoms with Crippen LogP contribution in [0.1, 0.15) is 38.5 Å². The van der Waals surface area contributed by atoms with E-state index in [4.69, 9.17) is 29.1 Å². The molecule has 0 heterocycles. The Labute approximate surface area is 137 Å². The summed E-state index contributed by atoms with van der Waals surface area (Å²) in [5.41, 5.74) is 0. The molecule has 3 N–H and O–H groups in total. The molecule has 138 valence electrons. The maximum absolute atomic E-state index is 12.5. The van der Waals surface area contributed by atoms with E-state index in [9.17, 15) is 9.36 Å². The van der Waals surface area contributed by atoms with Crippen LogP contribution in [-0.2, 0) is 23.1 Å². The summed E-state index contributed by atoms with van der Waals surface area (Å²) in [6.07, 6.45) is 2.62. The Balaban J connectivity index is 4.27. The summed E-state index contributed by atoms with van der Waals surface area (Å²) in [4.78, 5) is 11.7. The van der Waals surface area contributed by atoms with E-state index in [1.807, 2.05) is 0 Å². The fourth-order valence-corrected chi connectivity index (χ4v) is 3.05. The molecule has 0 aromatic rings. The quantitative estimate of drug-likeness (QED) is 0.213. The van der Waals surface area contributed by atoms with Crippen LogP contribution >= 0.6 is 7.60 Å². The molecule has 0 unspecified atom stereocenters. The highest BCUT2D eigenvalue weighted by Gasteiger charge is 2.29. The number of hydrogen-bond acceptors (Lipinski definition) is 8. The second-order valence-electron chi connectivity index (χ2n) is 4.95. The molecule has 0 aliphatic rings. The molecule has 0 rings (SSSR count). The standard InChI is InChI=1S/C14H29O8P/c15-7-1-4-10-20-14(18)13-23(19,21-11-5-2-8-16)22-12-6-3-9-17/h15-17H,1-13H2. The summed E-state index contributed by atoms with van der Waals surface area (Å²) in [5, 5.41) is 26.1. The van der Waals surface area contributed by atoms with Crippen LogP contribution < -0.4 is 0 Å². The van der Waals surface area contributed by atoms with Crippen LogP contribution in [-0.4, -0.2) is 67.1 Å². The molecule has 0 bridgehead atoms. The summed E-state index contributed by atoms with van der Waals surface area (Å²) >= 11 is 0. The number of carbonyl (C=O) groups excluding carboxylic acids is 1. The largest absolute Gasteiger partial charge is 0.465 e. The molecule has 9 heteroatoms. The minimum absolute atomic E-state index is 0.0118. The van der Waals surface area contributed by atoms with Gasteiger partial charge in [-0.1, -0.05) is 0 Å². The average molecular weight is 356 g/mol. The zero-order valence-corrected chi connectivity index (χ0v) is 14.4. The molecule has 23 heavy (non-hydrogen) atoms. The van der Waals surface area contributed by atoms with Gasteiger partial charge in [0.15, 0.2) is 0 Å². The lowest BCUT2D eigenvalue weighted by atomic mass is 10.3. The summed E-state index contributed by atoms with van der Waals surface area (Å²) in [6, 6.07) is 0. The summed E-state index contributed by atoms with van der Waals surface area (Å²) in [7, 11) is -3.60. The Morgan fingerprint density at radius 2 is 1.17 bits per heavy atom. The average Bonchev–Trinajstić information content (AvgIpc) is 2.53. The van der Waals surface area contributed by atoms with E-state index in [1.54, 1.807) is 0 Å². The van der Waals surface area contributed by atoms with Crippen molar-refractivity contribution in [1.82, 2.24) is 0 Å². The maximum atomic E-state index is 12.5. The minimum atomic E-state index is -3.60. The maximum Gasteiger partial charge on any atom is 0.341 e. The molecule has 0 saturated heterocycles. The highest BCUT2D eigenvalue weighted by Crippen LogP contribution is 2.48. The van der Waals surface area contributed by atoms with Crippen LogP contribution in [0.25, 0.3) is 0 Å². The zero-order chi connectivity index (χ0) is 17.4. The molecule has 0 aliphatic heterocycles. The van der Waals surface area contributed by atoms with Crippen molar-refractivity contribution in [3.05, 3.63) is 0 Å². The van der Waals surface area contributed by atoms with Crippen LogP contribution in [0, 0.1) is 0 Å². The number of carbonyl (C=O) groups is 1. The molecule has 0 atom stereocenters. The second kappa shape index (κ2) is 15.1. The van der Waals surface area contributed by atoms with E-state index >= 15 is 0 Å². The Kier molecular flexibility index (Phi) is 14.7. The van der Waals surface area contributed by atoms with Crippen molar-refractivity contribution in [3.8, 4) is 0 Å². The fourth-order valence-electron chi connectivity index (χ4n) is 1.57. The van der Waals surface area contributed by atoms with Gasteiger partial charge in [-0.3, -0.25) is 9.36 Å². The van der Waals surface area contributed by atoms with Crippen molar-refractivity contribution in [2.75, 3.05) is 45.8 Å². The van der Waals surface area contributed by atoms with E-state index in [-0.39, 0.29) is 39.6 Å². The number of rotatable bonds is 16. The van der Waals surface area contributed by atoms with Gasteiger partial charge < -0.3 is 29.1 Å². The van der Waals surface area contributed by atoms with Gasteiger partial charge in [-0.25, -0.2) is 0 Å². The third-order valence-corrected chi connectivity index (χ3v) is 4.62. The van der Waals surface area contributed by atoms with Crippen LogP contribution in [0.15, 0.2) is 0 Å². The normalized spacial score (nSPS) is 11.6. The molecule has 0 aromatic heterocycles. The second-order valence-corrected chi connectivity index (χ2v) is 7.00. The molecule has 0 spiro atoms. The number of hydrogen-bond donors (Lipinski definition) is 3. The van der Waals surface area contributed by atoms with Crippen molar-refractivity contribution in [3.63, 3.8) is 0 Å². The van der Waals surface area contributed by atoms with Gasteiger partial charge in [-0.15, -0.1) is 0 Å². The van der Waals surface area contributed by atoms with Gasteiger partial charge >= 0.3 is 13.6 Å². The molecular weight excluding hydrogens is 327 g/mol. The van der Waals surface area contributed by atoms with E-state index in [0.717, 1.165) is 0 Å². The molecule has 0 amide bonds. The van der Waals surface area contributed by atoms with Gasteiger partial charge in [0.1, 0.15) is 6.16 Å². The smallest absolute Gasteiger partial charge is 0.341 e. The number of aliphatic hydroxyl groups is 3. The fraction of sp³-hybridized carbons (Fsp3) is 0.929. The van der Waals surface area contributed by atoms with Gasteiger partial charge in [0.25, 0.3) is 0 Å². The topological polar surface area (TPSA) is 123 Å². The number of ether oxygens (including phenoxy) is 1. The van der Waals surface area contributed by atoms with Crippen LogP contribution in [0.4, 0.5) is 0 Å². The zero-order valence-electron chi connectivity index (χ0n) is 13.5. The number of aliphatic hydroxyl groups excluding tert-OH is 3. The van der Waals surface area contributed by atoms with Crippen molar-refractivity contribution in [2.24, 2.45) is 0 Å². The van der Waals surface area contributed by atoms with Crippen LogP contribution in [0.3, 0.4) is 0 Å². The molecule has 8 nitrogen and oxygen atoms in total. The monoisotopic (exact) mass is 356 g/mol. The van der Waals surface area contributed by atoms with Gasteiger partial charge in [0, 0.05) is 19.8 Å². The first kappa shape index (κ1) is 22.5. The Morgan fingerprint density at radius 1 is 0.739 bits per heavy atom. The number of esters is 1. The summed E-state index contributed by atoms with van der Waals surface area (Å²) < 4.78 is 27.9. The first-order chi connectivity index (χ1) is 11.1. The number of unbranched alkanes of at least 4 members (excludes halogenated alkanes) is 3. The Morgan fingerprint density at radius 3 is 1.61 bits per heavy atom. The molecule has 0 fully saturated rings. The highest BCUT2D eigenvalue weighted by atomic mass is 31.2. The lowest BCUT2D eigenvalue weighted by Crippen LogP contribution is -2.15. The minimum Gasteiger partial charge on any atom is -0.465 e. The van der Waals surface area contributed by atoms with Crippen molar-refractivity contribution in [1.29, 1.82) is 0 Å². The van der Waals surface area contributed by atoms with Crippen molar-refractivity contribution >= 4 is 13.6 Å². The van der Waals surface area contributed by atoms with Gasteiger partial charge in [-0.05, 0) is 38.5 Å². The molecule has 0 aromatic carbocycles. The van der Waals surface area contributed by atoms with E-state index < -0.39 is 19.7 Å². The van der Waals surface area contributed by atoms with E-state index in [0.29, 0.717) is 38.5 Å². The lowest BCUT2D eigenvalue weighted by Gasteiger charge is -2.18. The third kappa shape index (κ3) is 13.6. The summed E-state index contributed by atoms with van der Waals surface area (Å²) in [5.74, 6) is -0.671. The molecular formula is C14H29O8P. The highest BCUT2D eigenvalue weighted by molar-refractivity contribution is 7.54. The molecule has 0 radical (unpaired) electrons. The Hall–Kier alpha value is -0.500. The van der Waals surface area contributed by atoms with Gasteiger partial charge in [-0.2, -0.15) is 0 Å². The van der Waals surface area contributed by atoms with Crippen molar-refractivity contribution in [2.45, 2.75) is 38.5 Å². The van der Waals surface area contributed by atoms with Gasteiger partial charge in [0.2, 0.25) is 0 Å². The van der Waals surface area contributed by atoms with Gasteiger partial charge in [0.05, 0.1) is 19.8 Å². The predicted molar refractivity (Wildman–Crippen MR) is 84.3 cm³/mol. The predicted octanol–water partition coefficient (Wildman–Crippen LogP) is 1.07.